The Morgan fingerprint density at radius 1 is 1.67 bits per heavy atom. The molecule has 0 aliphatic carbocycles. The molecule has 1 rings (SSSR count). The quantitative estimate of drug-likeness (QED) is 0.855. The molecular formula is C10H10BrN3O. The second-order valence-corrected chi connectivity index (χ2v) is 3.94. The van der Waals surface area contributed by atoms with Crippen molar-refractivity contribution < 1.29 is 4.79 Å². The summed E-state index contributed by atoms with van der Waals surface area (Å²) in [4.78, 5) is 11.3. The summed E-state index contributed by atoms with van der Waals surface area (Å²) >= 11 is 3.26. The van der Waals surface area contributed by atoms with Crippen LogP contribution in [0.15, 0.2) is 22.7 Å². The Morgan fingerprint density at radius 3 is 2.80 bits per heavy atom. The van der Waals surface area contributed by atoms with Crippen LogP contribution in [-0.2, 0) is 4.79 Å². The van der Waals surface area contributed by atoms with Crippen LogP contribution in [0, 0.1) is 11.3 Å². The van der Waals surface area contributed by atoms with Crippen LogP contribution in [0.4, 0.5) is 5.69 Å². The van der Waals surface area contributed by atoms with E-state index >= 15 is 0 Å². The van der Waals surface area contributed by atoms with E-state index in [9.17, 15) is 4.79 Å². The lowest BCUT2D eigenvalue weighted by atomic mass is 10.2. The molecule has 0 bridgehead atoms. The molecule has 0 saturated heterocycles. The molecule has 15 heavy (non-hydrogen) atoms. The molecule has 0 aromatic heterocycles. The molecule has 1 atom stereocenters. The van der Waals surface area contributed by atoms with Crippen LogP contribution in [0.1, 0.15) is 12.5 Å². The van der Waals surface area contributed by atoms with Crippen molar-refractivity contribution >= 4 is 27.5 Å². The van der Waals surface area contributed by atoms with Crippen molar-refractivity contribution in [2.24, 2.45) is 5.73 Å². The first-order chi connectivity index (χ1) is 7.04. The fourth-order valence-electron chi connectivity index (χ4n) is 0.933. The Labute approximate surface area is 96.2 Å². The molecule has 0 radical (unpaired) electrons. The van der Waals surface area contributed by atoms with Gasteiger partial charge < -0.3 is 11.1 Å². The summed E-state index contributed by atoms with van der Waals surface area (Å²) in [5, 5.41) is 11.3. The summed E-state index contributed by atoms with van der Waals surface area (Å²) < 4.78 is 0.663. The van der Waals surface area contributed by atoms with Gasteiger partial charge in [0.05, 0.1) is 23.4 Å². The third kappa shape index (κ3) is 3.05. The summed E-state index contributed by atoms with van der Waals surface area (Å²) in [6, 6.07) is 6.36. The van der Waals surface area contributed by atoms with E-state index in [2.05, 4.69) is 21.2 Å². The molecule has 1 aromatic rings. The Balaban J connectivity index is 2.89. The predicted octanol–water partition coefficient (Wildman–Crippen LogP) is 1.61. The zero-order valence-electron chi connectivity index (χ0n) is 8.12. The summed E-state index contributed by atoms with van der Waals surface area (Å²) in [6.45, 7) is 1.60. The average Bonchev–Trinajstić information content (AvgIpc) is 2.20. The van der Waals surface area contributed by atoms with E-state index in [0.717, 1.165) is 0 Å². The van der Waals surface area contributed by atoms with E-state index in [1.54, 1.807) is 25.1 Å². The number of nitrogens with zero attached hydrogens (tertiary/aromatic N) is 1. The smallest absolute Gasteiger partial charge is 0.241 e. The van der Waals surface area contributed by atoms with Gasteiger partial charge in [-0.3, -0.25) is 4.79 Å². The summed E-state index contributed by atoms with van der Waals surface area (Å²) in [6.07, 6.45) is 0. The Morgan fingerprint density at radius 2 is 2.33 bits per heavy atom. The molecule has 1 aromatic carbocycles. The fourth-order valence-corrected chi connectivity index (χ4v) is 1.41. The SMILES string of the molecule is CC(N)C(=O)Nc1ccc(C#N)cc1Br. The molecule has 1 unspecified atom stereocenters. The van der Waals surface area contributed by atoms with E-state index in [4.69, 9.17) is 11.0 Å². The highest BCUT2D eigenvalue weighted by Crippen LogP contribution is 2.23. The lowest BCUT2D eigenvalue weighted by Gasteiger charge is -2.09. The van der Waals surface area contributed by atoms with Crippen molar-refractivity contribution in [3.63, 3.8) is 0 Å². The molecule has 0 aliphatic rings. The Hall–Kier alpha value is -1.38. The molecule has 0 spiro atoms. The van der Waals surface area contributed by atoms with Gasteiger partial charge in [0.25, 0.3) is 0 Å². The van der Waals surface area contributed by atoms with Gasteiger partial charge in [0.2, 0.25) is 5.91 Å². The summed E-state index contributed by atoms with van der Waals surface area (Å²) in [5.41, 5.74) is 6.55. The van der Waals surface area contributed by atoms with E-state index < -0.39 is 6.04 Å². The number of nitrogens with one attached hydrogen (secondary N) is 1. The first-order valence-electron chi connectivity index (χ1n) is 4.30. The van der Waals surface area contributed by atoms with Crippen molar-refractivity contribution in [1.29, 1.82) is 5.26 Å². The van der Waals surface area contributed by atoms with Gasteiger partial charge in [-0.05, 0) is 41.1 Å². The lowest BCUT2D eigenvalue weighted by Crippen LogP contribution is -2.32. The monoisotopic (exact) mass is 267 g/mol. The van der Waals surface area contributed by atoms with E-state index in [1.165, 1.54) is 0 Å². The van der Waals surface area contributed by atoms with Gasteiger partial charge in [-0.1, -0.05) is 0 Å². The van der Waals surface area contributed by atoms with Crippen LogP contribution in [0.25, 0.3) is 0 Å². The number of nitrogens with two attached hydrogens (primary N) is 1. The number of carbonyl (C=O) groups excluding carboxylic acids is 1. The molecule has 0 aliphatic heterocycles. The van der Waals surface area contributed by atoms with Crippen molar-refractivity contribution in [3.8, 4) is 6.07 Å². The number of hydrogen-bond donors (Lipinski definition) is 2. The normalized spacial score (nSPS) is 11.6. The number of amides is 1. The first kappa shape index (κ1) is 11.7. The second-order valence-electron chi connectivity index (χ2n) is 3.08. The summed E-state index contributed by atoms with van der Waals surface area (Å²) in [7, 11) is 0. The maximum atomic E-state index is 11.3. The van der Waals surface area contributed by atoms with Crippen LogP contribution in [0.2, 0.25) is 0 Å². The van der Waals surface area contributed by atoms with E-state index in [1.807, 2.05) is 6.07 Å². The average molecular weight is 268 g/mol. The number of nitriles is 1. The minimum Gasteiger partial charge on any atom is -0.324 e. The predicted molar refractivity (Wildman–Crippen MR) is 61.1 cm³/mol. The standard InChI is InChI=1S/C10H10BrN3O/c1-6(13)10(15)14-9-3-2-7(5-12)4-8(9)11/h2-4,6H,13H2,1H3,(H,14,15). The van der Waals surface area contributed by atoms with Gasteiger partial charge in [0.1, 0.15) is 0 Å². The van der Waals surface area contributed by atoms with Crippen LogP contribution >= 0.6 is 15.9 Å². The lowest BCUT2D eigenvalue weighted by molar-refractivity contribution is -0.117. The second kappa shape index (κ2) is 4.91. The molecule has 3 N–H and O–H groups in total. The number of halogens is 1. The van der Waals surface area contributed by atoms with Gasteiger partial charge in [-0.25, -0.2) is 0 Å². The van der Waals surface area contributed by atoms with Crippen LogP contribution < -0.4 is 11.1 Å². The van der Waals surface area contributed by atoms with Crippen LogP contribution in [-0.4, -0.2) is 11.9 Å². The van der Waals surface area contributed by atoms with E-state index in [-0.39, 0.29) is 5.91 Å². The molecule has 0 fully saturated rings. The molecule has 78 valence electrons. The topological polar surface area (TPSA) is 78.9 Å². The van der Waals surface area contributed by atoms with Gasteiger partial charge in [0.15, 0.2) is 0 Å². The van der Waals surface area contributed by atoms with Crippen molar-refractivity contribution in [2.75, 3.05) is 5.32 Å². The molecule has 0 saturated carbocycles. The van der Waals surface area contributed by atoms with Crippen molar-refractivity contribution in [1.82, 2.24) is 0 Å². The van der Waals surface area contributed by atoms with Crippen LogP contribution in [0.3, 0.4) is 0 Å². The van der Waals surface area contributed by atoms with Crippen molar-refractivity contribution in [3.05, 3.63) is 28.2 Å². The number of rotatable bonds is 2. The zero-order valence-corrected chi connectivity index (χ0v) is 9.71. The Bertz CT molecular complexity index is 423. The maximum Gasteiger partial charge on any atom is 0.241 e. The minimum absolute atomic E-state index is 0.264. The van der Waals surface area contributed by atoms with Gasteiger partial charge in [-0.15, -0.1) is 0 Å². The maximum absolute atomic E-state index is 11.3. The molecule has 1 amide bonds. The van der Waals surface area contributed by atoms with Crippen molar-refractivity contribution in [2.45, 2.75) is 13.0 Å². The molecule has 0 heterocycles. The fraction of sp³-hybridized carbons (Fsp3) is 0.200. The van der Waals surface area contributed by atoms with Gasteiger partial charge in [0, 0.05) is 4.47 Å². The highest BCUT2D eigenvalue weighted by atomic mass is 79.9. The third-order valence-corrected chi connectivity index (χ3v) is 2.43. The molecule has 5 heteroatoms. The Kier molecular flexibility index (Phi) is 3.83. The minimum atomic E-state index is -0.562. The first-order valence-corrected chi connectivity index (χ1v) is 5.10. The number of anilines is 1. The number of carbonyl (C=O) groups is 1. The zero-order chi connectivity index (χ0) is 11.4. The van der Waals surface area contributed by atoms with E-state index in [0.29, 0.717) is 15.7 Å². The third-order valence-electron chi connectivity index (χ3n) is 1.77. The van der Waals surface area contributed by atoms with Gasteiger partial charge in [-0.2, -0.15) is 5.26 Å². The highest BCUT2D eigenvalue weighted by molar-refractivity contribution is 9.10. The summed E-state index contributed by atoms with van der Waals surface area (Å²) in [5.74, 6) is -0.264. The van der Waals surface area contributed by atoms with Crippen LogP contribution in [0.5, 0.6) is 0 Å². The van der Waals surface area contributed by atoms with Gasteiger partial charge >= 0.3 is 0 Å². The highest BCUT2D eigenvalue weighted by Gasteiger charge is 2.09. The molecular weight excluding hydrogens is 258 g/mol. The largest absolute Gasteiger partial charge is 0.324 e. The molecule has 4 nitrogen and oxygen atoms in total. The number of benzene rings is 1. The number of hydrogen-bond acceptors (Lipinski definition) is 3.